The first-order valence-electron chi connectivity index (χ1n) is 6.31. The number of carbonyl (C=O) groups excluding carboxylic acids is 1. The van der Waals surface area contributed by atoms with Crippen molar-refractivity contribution in [1.29, 1.82) is 0 Å². The summed E-state index contributed by atoms with van der Waals surface area (Å²) in [5.41, 5.74) is 4.26. The Bertz CT molecular complexity index is 631. The topological polar surface area (TPSA) is 50.7 Å². The summed E-state index contributed by atoms with van der Waals surface area (Å²) < 4.78 is 5.43. The largest absolute Gasteiger partial charge is 0.484 e. The first-order chi connectivity index (χ1) is 10.1. The molecule has 0 aliphatic rings. The fraction of sp³-hybridized carbons (Fsp3) is 0.200. The van der Waals surface area contributed by atoms with Crippen LogP contribution in [0.5, 0.6) is 5.75 Å². The van der Waals surface area contributed by atoms with Crippen molar-refractivity contribution in [2.75, 3.05) is 6.61 Å². The maximum atomic E-state index is 11.6. The molecule has 110 valence electrons. The molecule has 4 nitrogen and oxygen atoms in total. The number of hydrogen-bond acceptors (Lipinski definition) is 4. The average molecular weight is 323 g/mol. The van der Waals surface area contributed by atoms with Crippen molar-refractivity contribution in [2.24, 2.45) is 5.10 Å². The molecule has 0 saturated heterocycles. The van der Waals surface area contributed by atoms with Crippen molar-refractivity contribution in [2.45, 2.75) is 13.8 Å². The Morgan fingerprint density at radius 3 is 2.76 bits per heavy atom. The molecule has 1 heterocycles. The average Bonchev–Trinajstić information content (AvgIpc) is 2.95. The minimum atomic E-state index is -0.312. The van der Waals surface area contributed by atoms with Crippen molar-refractivity contribution in [1.82, 2.24) is 5.43 Å². The van der Waals surface area contributed by atoms with Crippen LogP contribution in [-0.4, -0.2) is 18.7 Å². The van der Waals surface area contributed by atoms with Gasteiger partial charge in [0, 0.05) is 9.90 Å². The van der Waals surface area contributed by atoms with E-state index in [-0.39, 0.29) is 12.5 Å². The zero-order valence-corrected chi connectivity index (χ0v) is 13.3. The Morgan fingerprint density at radius 1 is 1.43 bits per heavy atom. The van der Waals surface area contributed by atoms with Gasteiger partial charge in [-0.25, -0.2) is 5.43 Å². The van der Waals surface area contributed by atoms with Gasteiger partial charge in [-0.3, -0.25) is 4.79 Å². The Hall–Kier alpha value is -1.85. The van der Waals surface area contributed by atoms with Crippen LogP contribution in [0.3, 0.4) is 0 Å². The van der Waals surface area contributed by atoms with Crippen LogP contribution in [0.25, 0.3) is 0 Å². The SMILES string of the molecule is Cc1cc(OCC(=O)N/N=C\c2cccs2)cc(C)c1Cl. The normalized spacial score (nSPS) is 10.8. The molecule has 0 bridgehead atoms. The lowest BCUT2D eigenvalue weighted by atomic mass is 10.1. The molecule has 21 heavy (non-hydrogen) atoms. The van der Waals surface area contributed by atoms with Crippen molar-refractivity contribution in [3.8, 4) is 5.75 Å². The van der Waals surface area contributed by atoms with E-state index in [1.807, 2.05) is 31.4 Å². The van der Waals surface area contributed by atoms with Gasteiger partial charge in [-0.1, -0.05) is 17.7 Å². The minimum absolute atomic E-state index is 0.0949. The maximum Gasteiger partial charge on any atom is 0.277 e. The van der Waals surface area contributed by atoms with Gasteiger partial charge in [-0.2, -0.15) is 5.10 Å². The number of ether oxygens (including phenoxy) is 1. The lowest BCUT2D eigenvalue weighted by molar-refractivity contribution is -0.123. The number of benzene rings is 1. The fourth-order valence-electron chi connectivity index (χ4n) is 1.70. The zero-order valence-electron chi connectivity index (χ0n) is 11.7. The lowest BCUT2D eigenvalue weighted by Gasteiger charge is -2.09. The van der Waals surface area contributed by atoms with Crippen molar-refractivity contribution in [3.63, 3.8) is 0 Å². The fourth-order valence-corrected chi connectivity index (χ4v) is 2.40. The van der Waals surface area contributed by atoms with E-state index in [0.717, 1.165) is 16.0 Å². The summed E-state index contributed by atoms with van der Waals surface area (Å²) in [5.74, 6) is 0.305. The van der Waals surface area contributed by atoms with Crippen LogP contribution in [-0.2, 0) is 4.79 Å². The third-order valence-electron chi connectivity index (χ3n) is 2.70. The van der Waals surface area contributed by atoms with E-state index in [1.54, 1.807) is 29.7 Å². The highest BCUT2D eigenvalue weighted by atomic mass is 35.5. The molecule has 1 aromatic carbocycles. The van der Waals surface area contributed by atoms with Crippen LogP contribution < -0.4 is 10.2 Å². The van der Waals surface area contributed by atoms with Crippen LogP contribution in [0.2, 0.25) is 5.02 Å². The molecule has 0 fully saturated rings. The van der Waals surface area contributed by atoms with Gasteiger partial charge >= 0.3 is 0 Å². The second-order valence-corrected chi connectivity index (χ2v) is 5.83. The van der Waals surface area contributed by atoms with Crippen LogP contribution in [0.15, 0.2) is 34.7 Å². The van der Waals surface area contributed by atoms with Crippen LogP contribution in [0.1, 0.15) is 16.0 Å². The Labute approximate surface area is 132 Å². The summed E-state index contributed by atoms with van der Waals surface area (Å²) in [6, 6.07) is 7.44. The molecule has 0 radical (unpaired) electrons. The second kappa shape index (κ2) is 7.24. The minimum Gasteiger partial charge on any atom is -0.484 e. The number of carbonyl (C=O) groups is 1. The number of aryl methyl sites for hydroxylation is 2. The number of nitrogens with one attached hydrogen (secondary N) is 1. The molecule has 1 amide bonds. The third-order valence-corrected chi connectivity index (χ3v) is 4.11. The molecule has 0 unspecified atom stereocenters. The summed E-state index contributed by atoms with van der Waals surface area (Å²) in [5, 5.41) is 6.52. The monoisotopic (exact) mass is 322 g/mol. The van der Waals surface area contributed by atoms with Gasteiger partial charge in [0.15, 0.2) is 6.61 Å². The van der Waals surface area contributed by atoms with Crippen LogP contribution >= 0.6 is 22.9 Å². The maximum absolute atomic E-state index is 11.6. The molecular weight excluding hydrogens is 308 g/mol. The quantitative estimate of drug-likeness (QED) is 0.676. The van der Waals surface area contributed by atoms with E-state index in [9.17, 15) is 4.79 Å². The van der Waals surface area contributed by atoms with Gasteiger partial charge in [0.1, 0.15) is 5.75 Å². The number of nitrogens with zero attached hydrogens (tertiary/aromatic N) is 1. The molecule has 1 N–H and O–H groups in total. The number of hydrogen-bond donors (Lipinski definition) is 1. The summed E-state index contributed by atoms with van der Waals surface area (Å²) >= 11 is 7.62. The van der Waals surface area contributed by atoms with Crippen molar-refractivity contribution >= 4 is 35.1 Å². The third kappa shape index (κ3) is 4.58. The number of halogens is 1. The number of thiophene rings is 1. The molecule has 0 saturated carbocycles. The molecule has 6 heteroatoms. The van der Waals surface area contributed by atoms with Crippen LogP contribution in [0.4, 0.5) is 0 Å². The molecular formula is C15H15ClN2O2S. The molecule has 2 rings (SSSR count). The molecule has 0 spiro atoms. The van der Waals surface area contributed by atoms with Gasteiger partial charge in [-0.15, -0.1) is 11.3 Å². The lowest BCUT2D eigenvalue weighted by Crippen LogP contribution is -2.24. The first-order valence-corrected chi connectivity index (χ1v) is 7.57. The van der Waals surface area contributed by atoms with E-state index in [4.69, 9.17) is 16.3 Å². The summed E-state index contributed by atoms with van der Waals surface area (Å²) in [7, 11) is 0. The van der Waals surface area contributed by atoms with Gasteiger partial charge in [0.2, 0.25) is 0 Å². The highest BCUT2D eigenvalue weighted by molar-refractivity contribution is 7.11. The first kappa shape index (κ1) is 15.5. The van der Waals surface area contributed by atoms with Gasteiger partial charge < -0.3 is 4.74 Å². The molecule has 0 aliphatic heterocycles. The Morgan fingerprint density at radius 2 is 2.14 bits per heavy atom. The van der Waals surface area contributed by atoms with Gasteiger partial charge in [0.05, 0.1) is 6.21 Å². The number of hydrazone groups is 1. The molecule has 0 atom stereocenters. The zero-order chi connectivity index (χ0) is 15.2. The number of amides is 1. The molecule has 0 aliphatic carbocycles. The smallest absolute Gasteiger partial charge is 0.277 e. The summed E-state index contributed by atoms with van der Waals surface area (Å²) in [6.45, 7) is 3.70. The van der Waals surface area contributed by atoms with E-state index >= 15 is 0 Å². The standard InChI is InChI=1S/C15H15ClN2O2S/c1-10-6-12(7-11(2)15(10)16)20-9-14(19)18-17-8-13-4-3-5-21-13/h3-8H,9H2,1-2H3,(H,18,19)/b17-8-. The van der Waals surface area contributed by atoms with E-state index in [0.29, 0.717) is 10.8 Å². The second-order valence-electron chi connectivity index (χ2n) is 4.47. The van der Waals surface area contributed by atoms with Crippen molar-refractivity contribution in [3.05, 3.63) is 50.7 Å². The van der Waals surface area contributed by atoms with E-state index in [2.05, 4.69) is 10.5 Å². The Balaban J connectivity index is 1.84. The van der Waals surface area contributed by atoms with Gasteiger partial charge in [0.25, 0.3) is 5.91 Å². The highest BCUT2D eigenvalue weighted by Crippen LogP contribution is 2.25. The predicted octanol–water partition coefficient (Wildman–Crippen LogP) is 3.55. The highest BCUT2D eigenvalue weighted by Gasteiger charge is 2.06. The Kier molecular flexibility index (Phi) is 5.36. The summed E-state index contributed by atoms with van der Waals surface area (Å²) in [6.07, 6.45) is 1.60. The molecule has 2 aromatic rings. The van der Waals surface area contributed by atoms with Crippen LogP contribution in [0, 0.1) is 13.8 Å². The van der Waals surface area contributed by atoms with E-state index in [1.165, 1.54) is 0 Å². The predicted molar refractivity (Wildman–Crippen MR) is 86.5 cm³/mol. The number of rotatable bonds is 5. The molecule has 1 aromatic heterocycles. The van der Waals surface area contributed by atoms with E-state index < -0.39 is 0 Å². The van der Waals surface area contributed by atoms with Gasteiger partial charge in [-0.05, 0) is 48.6 Å². The van der Waals surface area contributed by atoms with Crippen molar-refractivity contribution < 1.29 is 9.53 Å². The summed E-state index contributed by atoms with van der Waals surface area (Å²) in [4.78, 5) is 12.6.